The molecule has 0 unspecified atom stereocenters. The predicted molar refractivity (Wildman–Crippen MR) is 120 cm³/mol. The Bertz CT molecular complexity index is 1110. The number of ketones is 3. The summed E-state index contributed by atoms with van der Waals surface area (Å²) in [5, 5.41) is 21.9. The summed E-state index contributed by atoms with van der Waals surface area (Å²) in [7, 11) is 0. The van der Waals surface area contributed by atoms with Crippen LogP contribution < -0.4 is 5.73 Å². The fourth-order valence-corrected chi connectivity index (χ4v) is 4.54. The van der Waals surface area contributed by atoms with Gasteiger partial charge in [0.15, 0.2) is 17.3 Å². The molecule has 32 heavy (non-hydrogen) atoms. The molecule has 2 aliphatic carbocycles. The van der Waals surface area contributed by atoms with Crippen LogP contribution in [0.3, 0.4) is 0 Å². The normalized spacial score (nSPS) is 19.0. The first-order valence-corrected chi connectivity index (χ1v) is 10.4. The van der Waals surface area contributed by atoms with E-state index < -0.39 is 17.2 Å². The zero-order valence-electron chi connectivity index (χ0n) is 17.8. The topological polar surface area (TPSA) is 127 Å². The summed E-state index contributed by atoms with van der Waals surface area (Å²) in [6.07, 6.45) is 0.977. The van der Waals surface area contributed by atoms with Gasteiger partial charge in [-0.1, -0.05) is 24.3 Å². The van der Waals surface area contributed by atoms with E-state index in [9.17, 15) is 24.6 Å². The maximum absolute atomic E-state index is 13.4. The number of rotatable bonds is 6. The lowest BCUT2D eigenvalue weighted by Gasteiger charge is -2.35. The highest BCUT2D eigenvalue weighted by Gasteiger charge is 2.43. The Hall–Kier alpha value is -2.58. The summed E-state index contributed by atoms with van der Waals surface area (Å²) in [5.74, 6) is -1.52. The average Bonchev–Trinajstić information content (AvgIpc) is 2.76. The second-order valence-corrected chi connectivity index (χ2v) is 8.20. The van der Waals surface area contributed by atoms with Crippen LogP contribution in [0.15, 0.2) is 24.3 Å². The molecule has 4 rings (SSSR count). The molecule has 8 heteroatoms. The standard InChI is InChI=1S/C24H25NO6.ClH/c1-13(26)24(30)8-7-14-17(11-24)23(29)20-19(18(14)12-31-10-4-9-25)21(27)15-5-2-3-6-16(15)22(20)28;/h2-3,5-6,29-30H,4,7-12,25H2,1H3;1H/t24-;/m1./s1. The van der Waals surface area contributed by atoms with Crippen LogP contribution in [0, 0.1) is 0 Å². The molecule has 0 bridgehead atoms. The summed E-state index contributed by atoms with van der Waals surface area (Å²) < 4.78 is 5.75. The lowest BCUT2D eigenvalue weighted by Crippen LogP contribution is -2.43. The number of halogens is 1. The summed E-state index contributed by atoms with van der Waals surface area (Å²) in [6.45, 7) is 2.23. The molecule has 0 radical (unpaired) electrons. The van der Waals surface area contributed by atoms with Crippen LogP contribution in [0.2, 0.25) is 0 Å². The number of fused-ring (bicyclic) bond motifs is 3. The van der Waals surface area contributed by atoms with Crippen molar-refractivity contribution in [1.29, 1.82) is 0 Å². The fraction of sp³-hybridized carbons (Fsp3) is 0.375. The zero-order chi connectivity index (χ0) is 22.3. The van der Waals surface area contributed by atoms with Gasteiger partial charge < -0.3 is 20.7 Å². The van der Waals surface area contributed by atoms with E-state index >= 15 is 0 Å². The first kappa shape index (κ1) is 24.1. The van der Waals surface area contributed by atoms with Gasteiger partial charge in [-0.2, -0.15) is 0 Å². The van der Waals surface area contributed by atoms with E-state index in [0.717, 1.165) is 0 Å². The van der Waals surface area contributed by atoms with Gasteiger partial charge in [0.05, 0.1) is 12.2 Å². The number of aliphatic hydroxyl groups is 1. The molecule has 0 spiro atoms. The Morgan fingerprint density at radius 3 is 2.34 bits per heavy atom. The van der Waals surface area contributed by atoms with E-state index in [-0.39, 0.29) is 66.5 Å². The minimum atomic E-state index is -1.62. The minimum Gasteiger partial charge on any atom is -0.507 e. The van der Waals surface area contributed by atoms with Crippen molar-refractivity contribution in [2.45, 2.75) is 44.8 Å². The van der Waals surface area contributed by atoms with Crippen molar-refractivity contribution in [1.82, 2.24) is 0 Å². The van der Waals surface area contributed by atoms with Gasteiger partial charge >= 0.3 is 0 Å². The number of ether oxygens (including phenoxy) is 1. The van der Waals surface area contributed by atoms with Crippen LogP contribution in [0.5, 0.6) is 5.75 Å². The Morgan fingerprint density at radius 1 is 1.12 bits per heavy atom. The van der Waals surface area contributed by atoms with Crippen molar-refractivity contribution in [3.05, 3.63) is 63.2 Å². The van der Waals surface area contributed by atoms with Crippen LogP contribution in [0.25, 0.3) is 0 Å². The number of benzene rings is 2. The third-order valence-corrected chi connectivity index (χ3v) is 6.33. The van der Waals surface area contributed by atoms with Gasteiger partial charge in [-0.25, -0.2) is 0 Å². The molecule has 0 heterocycles. The third kappa shape index (κ3) is 3.75. The van der Waals surface area contributed by atoms with Crippen molar-refractivity contribution in [2.75, 3.05) is 13.2 Å². The molecule has 1 atom stereocenters. The molecule has 170 valence electrons. The van der Waals surface area contributed by atoms with E-state index in [0.29, 0.717) is 41.8 Å². The largest absolute Gasteiger partial charge is 0.507 e. The van der Waals surface area contributed by atoms with Crippen molar-refractivity contribution >= 4 is 29.8 Å². The highest BCUT2D eigenvalue weighted by molar-refractivity contribution is 6.30. The average molecular weight is 460 g/mol. The van der Waals surface area contributed by atoms with Crippen molar-refractivity contribution in [2.24, 2.45) is 5.73 Å². The molecular formula is C24H26ClNO6. The first-order valence-electron chi connectivity index (χ1n) is 10.4. The Labute approximate surface area is 192 Å². The maximum Gasteiger partial charge on any atom is 0.198 e. The number of phenols is 1. The lowest BCUT2D eigenvalue weighted by atomic mass is 9.71. The predicted octanol–water partition coefficient (Wildman–Crippen LogP) is 2.26. The summed E-state index contributed by atoms with van der Waals surface area (Å²) in [4.78, 5) is 38.7. The molecule has 2 aromatic rings. The minimum absolute atomic E-state index is 0. The SMILES string of the molecule is CC(=O)[C@@]1(O)CCc2c(c(O)c3c(c2COCCCN)C(=O)c2ccccc2C3=O)C1.Cl. The Morgan fingerprint density at radius 2 is 1.75 bits per heavy atom. The van der Waals surface area contributed by atoms with E-state index in [4.69, 9.17) is 10.5 Å². The van der Waals surface area contributed by atoms with E-state index in [1.54, 1.807) is 24.3 Å². The second kappa shape index (κ2) is 9.11. The second-order valence-electron chi connectivity index (χ2n) is 8.20. The molecule has 0 saturated carbocycles. The van der Waals surface area contributed by atoms with Gasteiger partial charge in [0.25, 0.3) is 0 Å². The van der Waals surface area contributed by atoms with Crippen molar-refractivity contribution in [3.8, 4) is 5.75 Å². The Kier molecular flexibility index (Phi) is 6.86. The number of Topliss-reactive ketones (excluding diaryl/α,β-unsaturated/α-hetero) is 1. The fourth-order valence-electron chi connectivity index (χ4n) is 4.54. The highest BCUT2D eigenvalue weighted by atomic mass is 35.5. The van der Waals surface area contributed by atoms with Crippen molar-refractivity contribution in [3.63, 3.8) is 0 Å². The summed E-state index contributed by atoms with van der Waals surface area (Å²) in [6, 6.07) is 6.51. The molecule has 2 aliphatic rings. The first-order chi connectivity index (χ1) is 14.8. The molecule has 0 saturated heterocycles. The zero-order valence-corrected chi connectivity index (χ0v) is 18.6. The quantitative estimate of drug-likeness (QED) is 0.482. The molecular weight excluding hydrogens is 434 g/mol. The number of hydrogen-bond donors (Lipinski definition) is 3. The molecule has 7 nitrogen and oxygen atoms in total. The Balaban J connectivity index is 0.00000289. The van der Waals surface area contributed by atoms with Crippen LogP contribution in [-0.4, -0.2) is 46.3 Å². The molecule has 0 aliphatic heterocycles. The van der Waals surface area contributed by atoms with Gasteiger partial charge in [0, 0.05) is 35.3 Å². The highest BCUT2D eigenvalue weighted by Crippen LogP contribution is 2.44. The number of hydrogen-bond acceptors (Lipinski definition) is 7. The van der Waals surface area contributed by atoms with Gasteiger partial charge in [-0.3, -0.25) is 14.4 Å². The van der Waals surface area contributed by atoms with Crippen molar-refractivity contribution < 1.29 is 29.3 Å². The van der Waals surface area contributed by atoms with Crippen LogP contribution in [0.4, 0.5) is 0 Å². The molecule has 0 amide bonds. The number of aromatic hydroxyl groups is 1. The number of nitrogens with two attached hydrogens (primary N) is 1. The van der Waals surface area contributed by atoms with E-state index in [2.05, 4.69) is 0 Å². The smallest absolute Gasteiger partial charge is 0.198 e. The summed E-state index contributed by atoms with van der Waals surface area (Å²) >= 11 is 0. The van der Waals surface area contributed by atoms with E-state index in [1.165, 1.54) is 6.92 Å². The third-order valence-electron chi connectivity index (χ3n) is 6.33. The molecule has 4 N–H and O–H groups in total. The monoisotopic (exact) mass is 459 g/mol. The number of carbonyl (C=O) groups excluding carboxylic acids is 3. The maximum atomic E-state index is 13.4. The van der Waals surface area contributed by atoms with Gasteiger partial charge in [-0.05, 0) is 43.9 Å². The van der Waals surface area contributed by atoms with E-state index in [1.807, 2.05) is 0 Å². The van der Waals surface area contributed by atoms with Crippen LogP contribution in [-0.2, 0) is 29.0 Å². The number of phenolic OH excluding ortho intramolecular Hbond substituents is 1. The van der Waals surface area contributed by atoms with Gasteiger partial charge in [0.2, 0.25) is 0 Å². The molecule has 0 fully saturated rings. The molecule has 2 aromatic carbocycles. The van der Waals surface area contributed by atoms with Crippen LogP contribution >= 0.6 is 12.4 Å². The summed E-state index contributed by atoms with van der Waals surface area (Å²) in [5.41, 5.74) is 6.04. The van der Waals surface area contributed by atoms with Gasteiger partial charge in [-0.15, -0.1) is 12.4 Å². The number of carbonyl (C=O) groups is 3. The van der Waals surface area contributed by atoms with Crippen LogP contribution in [0.1, 0.15) is 68.3 Å². The van der Waals surface area contributed by atoms with Gasteiger partial charge in [0.1, 0.15) is 11.4 Å². The lowest BCUT2D eigenvalue weighted by molar-refractivity contribution is -0.136. The molecule has 0 aromatic heterocycles.